The van der Waals surface area contributed by atoms with Crippen molar-refractivity contribution in [3.8, 4) is 11.8 Å². The van der Waals surface area contributed by atoms with Crippen LogP contribution in [0, 0.1) is 11.3 Å². The molecule has 114 valence electrons. The Morgan fingerprint density at radius 1 is 1.32 bits per heavy atom. The number of esters is 1. The number of carboxylic acid groups (broad SMARTS) is 1. The number of hydrogen-bond donors (Lipinski definition) is 1. The molecule has 0 bridgehead atoms. The van der Waals surface area contributed by atoms with Gasteiger partial charge in [0.2, 0.25) is 0 Å². The van der Waals surface area contributed by atoms with Gasteiger partial charge in [-0.15, -0.1) is 0 Å². The standard InChI is InChI=1S/C16H15NO5/c1-3-15(18)22-9-8-21-13-6-4-12(5-7-13)11(2)14(10-17)16(19)20/h3-7H,1,8-9H2,2H3,(H,19,20). The highest BCUT2D eigenvalue weighted by Gasteiger charge is 2.12. The number of ether oxygens (including phenoxy) is 2. The van der Waals surface area contributed by atoms with Crippen molar-refractivity contribution in [2.45, 2.75) is 6.92 Å². The highest BCUT2D eigenvalue weighted by molar-refractivity contribution is 6.00. The van der Waals surface area contributed by atoms with Gasteiger partial charge >= 0.3 is 11.9 Å². The van der Waals surface area contributed by atoms with Crippen LogP contribution in [0.5, 0.6) is 5.75 Å². The summed E-state index contributed by atoms with van der Waals surface area (Å²) in [7, 11) is 0. The summed E-state index contributed by atoms with van der Waals surface area (Å²) < 4.78 is 10.1. The number of carboxylic acids is 1. The summed E-state index contributed by atoms with van der Waals surface area (Å²) in [5.74, 6) is -1.23. The zero-order valence-electron chi connectivity index (χ0n) is 12.0. The first-order chi connectivity index (χ1) is 10.5. The number of carbonyl (C=O) groups is 2. The van der Waals surface area contributed by atoms with Crippen molar-refractivity contribution in [3.05, 3.63) is 48.1 Å². The smallest absolute Gasteiger partial charge is 0.346 e. The van der Waals surface area contributed by atoms with Gasteiger partial charge in [0, 0.05) is 6.08 Å². The fourth-order valence-electron chi connectivity index (χ4n) is 1.60. The van der Waals surface area contributed by atoms with Gasteiger partial charge < -0.3 is 14.6 Å². The second-order valence-corrected chi connectivity index (χ2v) is 4.16. The molecule has 0 atom stereocenters. The average molecular weight is 301 g/mol. The minimum absolute atomic E-state index is 0.100. The van der Waals surface area contributed by atoms with Gasteiger partial charge in [-0.1, -0.05) is 18.7 Å². The largest absolute Gasteiger partial charge is 0.490 e. The maximum absolute atomic E-state index is 10.9. The first kappa shape index (κ1) is 17.0. The van der Waals surface area contributed by atoms with Crippen LogP contribution in [-0.2, 0) is 14.3 Å². The molecule has 0 aliphatic carbocycles. The van der Waals surface area contributed by atoms with E-state index in [9.17, 15) is 9.59 Å². The van der Waals surface area contributed by atoms with E-state index in [-0.39, 0.29) is 18.8 Å². The molecule has 0 amide bonds. The molecule has 1 rings (SSSR count). The van der Waals surface area contributed by atoms with Crippen LogP contribution in [0.4, 0.5) is 0 Å². The van der Waals surface area contributed by atoms with Crippen LogP contribution < -0.4 is 4.74 Å². The molecule has 1 aromatic rings. The van der Waals surface area contributed by atoms with Crippen molar-refractivity contribution in [1.29, 1.82) is 5.26 Å². The van der Waals surface area contributed by atoms with Crippen LogP contribution in [0.15, 0.2) is 42.5 Å². The summed E-state index contributed by atoms with van der Waals surface area (Å²) in [6.07, 6.45) is 1.07. The number of rotatable bonds is 7. The van der Waals surface area contributed by atoms with Crippen molar-refractivity contribution < 1.29 is 24.2 Å². The third-order valence-electron chi connectivity index (χ3n) is 2.75. The highest BCUT2D eigenvalue weighted by Crippen LogP contribution is 2.21. The van der Waals surface area contributed by atoms with Crippen LogP contribution in [0.3, 0.4) is 0 Å². The number of hydrogen-bond acceptors (Lipinski definition) is 5. The molecule has 6 heteroatoms. The SMILES string of the molecule is C=CC(=O)OCCOc1ccc(C(C)=C(C#N)C(=O)O)cc1. The molecular formula is C16H15NO5. The topological polar surface area (TPSA) is 96.6 Å². The minimum atomic E-state index is -1.26. The molecule has 0 saturated carbocycles. The monoisotopic (exact) mass is 301 g/mol. The summed E-state index contributed by atoms with van der Waals surface area (Å²) in [5.41, 5.74) is 0.691. The number of nitrogens with zero attached hydrogens (tertiary/aromatic N) is 1. The van der Waals surface area contributed by atoms with Crippen LogP contribution in [0.25, 0.3) is 5.57 Å². The first-order valence-corrected chi connectivity index (χ1v) is 6.36. The van der Waals surface area contributed by atoms with Gasteiger partial charge in [-0.25, -0.2) is 9.59 Å². The second kappa shape index (κ2) is 8.27. The van der Waals surface area contributed by atoms with Crippen molar-refractivity contribution in [2.24, 2.45) is 0 Å². The van der Waals surface area contributed by atoms with Crippen LogP contribution in [0.1, 0.15) is 12.5 Å². The predicted molar refractivity (Wildman–Crippen MR) is 78.9 cm³/mol. The Kier molecular flexibility index (Phi) is 6.38. The zero-order valence-corrected chi connectivity index (χ0v) is 12.0. The molecule has 0 aromatic heterocycles. The van der Waals surface area contributed by atoms with E-state index < -0.39 is 11.9 Å². The Morgan fingerprint density at radius 2 is 1.95 bits per heavy atom. The van der Waals surface area contributed by atoms with E-state index in [0.29, 0.717) is 16.9 Å². The Bertz CT molecular complexity index is 637. The van der Waals surface area contributed by atoms with Gasteiger partial charge in [0.05, 0.1) is 0 Å². The number of aliphatic carboxylic acids is 1. The van der Waals surface area contributed by atoms with Gasteiger partial charge in [0.1, 0.15) is 30.6 Å². The number of carbonyl (C=O) groups excluding carboxylic acids is 1. The third-order valence-corrected chi connectivity index (χ3v) is 2.75. The summed E-state index contributed by atoms with van der Waals surface area (Å²) in [4.78, 5) is 21.7. The predicted octanol–water partition coefficient (Wildman–Crippen LogP) is 2.18. The van der Waals surface area contributed by atoms with Gasteiger partial charge in [0.15, 0.2) is 0 Å². The lowest BCUT2D eigenvalue weighted by atomic mass is 10.0. The number of nitriles is 1. The molecule has 0 unspecified atom stereocenters. The van der Waals surface area contributed by atoms with Crippen LogP contribution in [0.2, 0.25) is 0 Å². The summed E-state index contributed by atoms with van der Waals surface area (Å²) in [6, 6.07) is 8.26. The summed E-state index contributed by atoms with van der Waals surface area (Å²) in [6.45, 7) is 5.13. The summed E-state index contributed by atoms with van der Waals surface area (Å²) in [5, 5.41) is 17.7. The second-order valence-electron chi connectivity index (χ2n) is 4.16. The third kappa shape index (κ3) is 4.80. The van der Waals surface area contributed by atoms with E-state index in [1.165, 1.54) is 0 Å². The lowest BCUT2D eigenvalue weighted by molar-refractivity contribution is -0.138. The van der Waals surface area contributed by atoms with Gasteiger partial charge in [0.25, 0.3) is 0 Å². The molecule has 1 aromatic carbocycles. The first-order valence-electron chi connectivity index (χ1n) is 6.36. The molecule has 6 nitrogen and oxygen atoms in total. The van der Waals surface area contributed by atoms with E-state index in [1.54, 1.807) is 37.3 Å². The van der Waals surface area contributed by atoms with Crippen molar-refractivity contribution >= 4 is 17.5 Å². The molecule has 0 fully saturated rings. The number of allylic oxidation sites excluding steroid dienone is 1. The lowest BCUT2D eigenvalue weighted by Crippen LogP contribution is -2.10. The molecule has 0 saturated heterocycles. The Balaban J connectivity index is 2.68. The Labute approximate surface area is 127 Å². The minimum Gasteiger partial charge on any atom is -0.490 e. The van der Waals surface area contributed by atoms with Gasteiger partial charge in [-0.3, -0.25) is 0 Å². The maximum atomic E-state index is 10.9. The molecule has 0 heterocycles. The van der Waals surface area contributed by atoms with E-state index in [2.05, 4.69) is 6.58 Å². The van der Waals surface area contributed by atoms with E-state index in [4.69, 9.17) is 19.8 Å². The van der Waals surface area contributed by atoms with Crippen LogP contribution >= 0.6 is 0 Å². The molecular weight excluding hydrogens is 286 g/mol. The van der Waals surface area contributed by atoms with Gasteiger partial charge in [-0.05, 0) is 30.2 Å². The fourth-order valence-corrected chi connectivity index (χ4v) is 1.60. The zero-order chi connectivity index (χ0) is 16.5. The molecule has 0 spiro atoms. The molecule has 0 radical (unpaired) electrons. The molecule has 1 N–H and O–H groups in total. The lowest BCUT2D eigenvalue weighted by Gasteiger charge is -2.08. The Hall–Kier alpha value is -3.07. The summed E-state index contributed by atoms with van der Waals surface area (Å²) >= 11 is 0. The van der Waals surface area contributed by atoms with E-state index >= 15 is 0 Å². The molecule has 0 aliphatic rings. The van der Waals surface area contributed by atoms with E-state index in [0.717, 1.165) is 6.08 Å². The maximum Gasteiger partial charge on any atom is 0.346 e. The van der Waals surface area contributed by atoms with Crippen molar-refractivity contribution in [3.63, 3.8) is 0 Å². The Morgan fingerprint density at radius 3 is 2.45 bits per heavy atom. The highest BCUT2D eigenvalue weighted by atomic mass is 16.6. The molecule has 22 heavy (non-hydrogen) atoms. The molecule has 0 aliphatic heterocycles. The van der Waals surface area contributed by atoms with E-state index in [1.807, 2.05) is 0 Å². The van der Waals surface area contributed by atoms with Crippen LogP contribution in [-0.4, -0.2) is 30.3 Å². The van der Waals surface area contributed by atoms with Gasteiger partial charge in [-0.2, -0.15) is 5.26 Å². The van der Waals surface area contributed by atoms with Crippen molar-refractivity contribution in [2.75, 3.05) is 13.2 Å². The average Bonchev–Trinajstić information content (AvgIpc) is 2.52. The normalized spacial score (nSPS) is 10.9. The quantitative estimate of drug-likeness (QED) is 0.359. The number of benzene rings is 1. The fraction of sp³-hybridized carbons (Fsp3) is 0.188. The van der Waals surface area contributed by atoms with Crippen molar-refractivity contribution in [1.82, 2.24) is 0 Å².